The molecule has 0 saturated heterocycles. The minimum Gasteiger partial charge on any atom is -0.328 e. The monoisotopic (exact) mass is 445 g/mol. The van der Waals surface area contributed by atoms with Crippen LogP contribution in [0.15, 0.2) is 39.3 Å². The Morgan fingerprint density at radius 3 is 2.71 bits per heavy atom. The molecule has 0 radical (unpaired) electrons. The second-order valence-corrected chi connectivity index (χ2v) is 7.45. The number of hydrogen-bond donors (Lipinski definition) is 1. The van der Waals surface area contributed by atoms with Crippen LogP contribution in [0.4, 0.5) is 5.69 Å². The summed E-state index contributed by atoms with van der Waals surface area (Å²) in [6.07, 6.45) is 1.85. The summed E-state index contributed by atoms with van der Waals surface area (Å²) in [5.41, 5.74) is 5.33. The molecule has 0 fully saturated rings. The molecule has 2 aromatic carbocycles. The zero-order chi connectivity index (χ0) is 17.0. The fraction of sp³-hybridized carbons (Fsp3) is 0.111. The highest BCUT2D eigenvalue weighted by molar-refractivity contribution is 9.11. The van der Waals surface area contributed by atoms with Gasteiger partial charge in [-0.05, 0) is 52.7 Å². The molecule has 24 heavy (non-hydrogen) atoms. The van der Waals surface area contributed by atoms with Gasteiger partial charge in [0, 0.05) is 21.6 Å². The van der Waals surface area contributed by atoms with Gasteiger partial charge in [0.2, 0.25) is 0 Å². The predicted octanol–water partition coefficient (Wildman–Crippen LogP) is 4.90. The van der Waals surface area contributed by atoms with Gasteiger partial charge in [0.1, 0.15) is 5.82 Å². The molecule has 1 aliphatic heterocycles. The second-order valence-electron chi connectivity index (χ2n) is 5.75. The standard InChI is InChI=1S/C18H13Br2N3O/c1-9-11(19)8-12(20)17-16(9)10(18(24)22-17)7-15-21-13-5-3-4-6-14(13)23(15)2/h3-8H,1-2H3,(H,22,24). The first kappa shape index (κ1) is 15.6. The Hall–Kier alpha value is -1.92. The maximum absolute atomic E-state index is 12.5. The first-order valence-corrected chi connectivity index (χ1v) is 8.99. The first-order valence-electron chi connectivity index (χ1n) is 7.41. The van der Waals surface area contributed by atoms with Crippen LogP contribution in [0.2, 0.25) is 0 Å². The average Bonchev–Trinajstić information content (AvgIpc) is 3.05. The zero-order valence-corrected chi connectivity index (χ0v) is 16.2. The maximum atomic E-state index is 12.5. The number of nitrogens with one attached hydrogen (secondary N) is 1. The third-order valence-electron chi connectivity index (χ3n) is 4.32. The van der Waals surface area contributed by atoms with Gasteiger partial charge in [-0.15, -0.1) is 0 Å². The van der Waals surface area contributed by atoms with E-state index in [0.29, 0.717) is 5.57 Å². The summed E-state index contributed by atoms with van der Waals surface area (Å²) in [7, 11) is 1.96. The Morgan fingerprint density at radius 1 is 1.21 bits per heavy atom. The van der Waals surface area contributed by atoms with Crippen LogP contribution in [0.3, 0.4) is 0 Å². The van der Waals surface area contributed by atoms with Gasteiger partial charge in [0.15, 0.2) is 0 Å². The summed E-state index contributed by atoms with van der Waals surface area (Å²) in [5.74, 6) is 0.642. The third-order valence-corrected chi connectivity index (χ3v) is 5.77. The van der Waals surface area contributed by atoms with Crippen molar-refractivity contribution in [3.8, 4) is 0 Å². The van der Waals surface area contributed by atoms with E-state index in [1.807, 2.05) is 54.9 Å². The fourth-order valence-electron chi connectivity index (χ4n) is 3.03. The van der Waals surface area contributed by atoms with E-state index in [2.05, 4.69) is 42.2 Å². The van der Waals surface area contributed by atoms with Gasteiger partial charge in [-0.25, -0.2) is 4.98 Å². The van der Waals surface area contributed by atoms with Gasteiger partial charge in [0.05, 0.1) is 22.3 Å². The number of aryl methyl sites for hydroxylation is 1. The number of nitrogens with zero attached hydrogens (tertiary/aromatic N) is 2. The maximum Gasteiger partial charge on any atom is 0.256 e. The van der Waals surface area contributed by atoms with E-state index in [4.69, 9.17) is 0 Å². The topological polar surface area (TPSA) is 46.9 Å². The van der Waals surface area contributed by atoms with Crippen LogP contribution in [0.25, 0.3) is 22.7 Å². The normalized spacial score (nSPS) is 15.2. The fourth-order valence-corrected chi connectivity index (χ4v) is 4.29. The quantitative estimate of drug-likeness (QED) is 0.540. The van der Waals surface area contributed by atoms with E-state index < -0.39 is 0 Å². The zero-order valence-electron chi connectivity index (χ0n) is 13.0. The number of halogens is 2. The molecule has 0 unspecified atom stereocenters. The van der Waals surface area contributed by atoms with Gasteiger partial charge >= 0.3 is 0 Å². The third kappa shape index (κ3) is 2.24. The first-order chi connectivity index (χ1) is 11.5. The van der Waals surface area contributed by atoms with E-state index in [1.165, 1.54) is 0 Å². The van der Waals surface area contributed by atoms with Gasteiger partial charge in [-0.1, -0.05) is 28.1 Å². The Kier molecular flexibility index (Phi) is 3.62. The molecule has 0 bridgehead atoms. The number of amides is 1. The summed E-state index contributed by atoms with van der Waals surface area (Å²) >= 11 is 7.08. The number of benzene rings is 2. The minimum atomic E-state index is -0.112. The van der Waals surface area contributed by atoms with Crippen molar-refractivity contribution in [3.05, 3.63) is 56.2 Å². The van der Waals surface area contributed by atoms with Gasteiger partial charge in [-0.2, -0.15) is 0 Å². The van der Waals surface area contributed by atoms with Crippen molar-refractivity contribution in [2.75, 3.05) is 5.32 Å². The molecule has 0 aliphatic carbocycles. The molecule has 4 rings (SSSR count). The number of anilines is 1. The SMILES string of the molecule is Cc1c(Br)cc(Br)c2c1C(=Cc1nc3ccccc3n1C)C(=O)N2. The van der Waals surface area contributed by atoms with Crippen LogP contribution in [0.1, 0.15) is 17.0 Å². The van der Waals surface area contributed by atoms with Crippen LogP contribution < -0.4 is 5.32 Å². The van der Waals surface area contributed by atoms with Gasteiger partial charge in [0.25, 0.3) is 5.91 Å². The number of carbonyl (C=O) groups is 1. The molecule has 1 aliphatic rings. The van der Waals surface area contributed by atoms with Crippen LogP contribution in [-0.2, 0) is 11.8 Å². The molecule has 0 atom stereocenters. The summed E-state index contributed by atoms with van der Waals surface area (Å²) < 4.78 is 3.81. The molecule has 6 heteroatoms. The molecule has 0 saturated carbocycles. The number of fused-ring (bicyclic) bond motifs is 2. The Balaban J connectivity index is 1.96. The van der Waals surface area contributed by atoms with Crippen LogP contribution >= 0.6 is 31.9 Å². The molecule has 0 spiro atoms. The molecular formula is C18H13Br2N3O. The number of carbonyl (C=O) groups excluding carboxylic acids is 1. The molecule has 1 aromatic heterocycles. The van der Waals surface area contributed by atoms with Crippen molar-refractivity contribution < 1.29 is 4.79 Å². The molecule has 1 N–H and O–H groups in total. The lowest BCUT2D eigenvalue weighted by Gasteiger charge is -2.08. The molecular weight excluding hydrogens is 434 g/mol. The van der Waals surface area contributed by atoms with E-state index in [0.717, 1.165) is 42.6 Å². The van der Waals surface area contributed by atoms with Crippen molar-refractivity contribution in [1.29, 1.82) is 0 Å². The molecule has 4 nitrogen and oxygen atoms in total. The summed E-state index contributed by atoms with van der Waals surface area (Å²) in [5, 5.41) is 2.95. The number of rotatable bonds is 1. The highest BCUT2D eigenvalue weighted by atomic mass is 79.9. The van der Waals surface area contributed by atoms with Crippen molar-refractivity contribution in [1.82, 2.24) is 9.55 Å². The molecule has 3 aromatic rings. The smallest absolute Gasteiger partial charge is 0.256 e. The Morgan fingerprint density at radius 2 is 1.96 bits per heavy atom. The molecule has 120 valence electrons. The molecule has 1 amide bonds. The second kappa shape index (κ2) is 5.57. The average molecular weight is 447 g/mol. The lowest BCUT2D eigenvalue weighted by atomic mass is 10.0. The van der Waals surface area contributed by atoms with Crippen molar-refractivity contribution >= 4 is 66.1 Å². The van der Waals surface area contributed by atoms with Crippen molar-refractivity contribution in [3.63, 3.8) is 0 Å². The Bertz CT molecular complexity index is 1050. The lowest BCUT2D eigenvalue weighted by molar-refractivity contribution is -0.110. The predicted molar refractivity (Wildman–Crippen MR) is 104 cm³/mol. The number of hydrogen-bond acceptors (Lipinski definition) is 2. The molecule has 2 heterocycles. The van der Waals surface area contributed by atoms with E-state index in [9.17, 15) is 4.79 Å². The Labute approximate surface area is 155 Å². The van der Waals surface area contributed by atoms with Crippen LogP contribution in [0, 0.1) is 6.92 Å². The van der Waals surface area contributed by atoms with E-state index in [-0.39, 0.29) is 5.91 Å². The van der Waals surface area contributed by atoms with E-state index >= 15 is 0 Å². The number of para-hydroxylation sites is 2. The summed E-state index contributed by atoms with van der Waals surface area (Å²) in [4.78, 5) is 17.2. The van der Waals surface area contributed by atoms with Crippen molar-refractivity contribution in [2.24, 2.45) is 7.05 Å². The minimum absolute atomic E-state index is 0.112. The summed E-state index contributed by atoms with van der Waals surface area (Å²) in [6, 6.07) is 9.88. The highest BCUT2D eigenvalue weighted by Crippen LogP contribution is 2.43. The van der Waals surface area contributed by atoms with Crippen LogP contribution in [0.5, 0.6) is 0 Å². The lowest BCUT2D eigenvalue weighted by Crippen LogP contribution is -2.04. The van der Waals surface area contributed by atoms with Gasteiger partial charge < -0.3 is 9.88 Å². The van der Waals surface area contributed by atoms with Crippen LogP contribution in [-0.4, -0.2) is 15.5 Å². The largest absolute Gasteiger partial charge is 0.328 e. The summed E-state index contributed by atoms with van der Waals surface area (Å²) in [6.45, 7) is 2.00. The number of aromatic nitrogens is 2. The number of imidazole rings is 1. The van der Waals surface area contributed by atoms with E-state index in [1.54, 1.807) is 0 Å². The van der Waals surface area contributed by atoms with Crippen molar-refractivity contribution in [2.45, 2.75) is 6.92 Å². The highest BCUT2D eigenvalue weighted by Gasteiger charge is 2.29. The van der Waals surface area contributed by atoms with Gasteiger partial charge in [-0.3, -0.25) is 4.79 Å².